The molecule has 1 unspecified atom stereocenters. The first-order valence-corrected chi connectivity index (χ1v) is 10.6. The highest BCUT2D eigenvalue weighted by Gasteiger charge is 2.31. The van der Waals surface area contributed by atoms with Gasteiger partial charge in [0.2, 0.25) is 5.91 Å². The molecular weight excluding hydrogens is 396 g/mol. The molecule has 1 saturated heterocycles. The molecule has 1 N–H and O–H groups in total. The Morgan fingerprint density at radius 2 is 1.53 bits per heavy atom. The molecule has 2 heterocycles. The van der Waals surface area contributed by atoms with Crippen molar-refractivity contribution in [3.8, 4) is 0 Å². The van der Waals surface area contributed by atoms with Gasteiger partial charge >= 0.3 is 0 Å². The molecule has 2 amide bonds. The Morgan fingerprint density at radius 3 is 2.27 bits per heavy atom. The summed E-state index contributed by atoms with van der Waals surface area (Å²) in [7, 11) is 0. The normalized spacial score (nSPS) is 16.3. The lowest BCUT2D eigenvalue weighted by Gasteiger charge is -2.15. The van der Waals surface area contributed by atoms with Crippen LogP contribution < -0.4 is 10.9 Å². The number of aromatic nitrogens is 1. The van der Waals surface area contributed by atoms with Gasteiger partial charge in [-0.15, -0.1) is 0 Å². The van der Waals surface area contributed by atoms with Gasteiger partial charge in [-0.1, -0.05) is 66.4 Å². The highest BCUT2D eigenvalue weighted by molar-refractivity contribution is 8.15. The van der Waals surface area contributed by atoms with Gasteiger partial charge in [0.15, 0.2) is 0 Å². The number of carbonyl (C=O) groups is 2. The third-order valence-corrected chi connectivity index (χ3v) is 6.40. The molecule has 148 valence electrons. The van der Waals surface area contributed by atoms with Crippen molar-refractivity contribution in [2.75, 3.05) is 0 Å². The van der Waals surface area contributed by atoms with Crippen molar-refractivity contribution in [2.24, 2.45) is 0 Å². The van der Waals surface area contributed by atoms with E-state index in [1.54, 1.807) is 4.57 Å². The molecule has 1 aliphatic rings. The minimum atomic E-state index is -0.420. The summed E-state index contributed by atoms with van der Waals surface area (Å²) in [5.74, 6) is -0.246. The van der Waals surface area contributed by atoms with Gasteiger partial charge in [0.05, 0.1) is 17.3 Å². The molecular formula is C24H18N2O3S. The van der Waals surface area contributed by atoms with Gasteiger partial charge in [0.25, 0.3) is 10.8 Å². The van der Waals surface area contributed by atoms with Crippen LogP contribution in [-0.4, -0.2) is 21.0 Å². The largest absolute Gasteiger partial charge is 0.303 e. The quantitative estimate of drug-likeness (QED) is 0.511. The first-order valence-electron chi connectivity index (χ1n) is 9.70. The third kappa shape index (κ3) is 3.29. The molecule has 0 saturated carbocycles. The third-order valence-electron chi connectivity index (χ3n) is 5.42. The molecule has 3 aromatic carbocycles. The van der Waals surface area contributed by atoms with E-state index in [1.807, 2.05) is 72.8 Å². The van der Waals surface area contributed by atoms with Gasteiger partial charge in [0, 0.05) is 10.8 Å². The second-order valence-corrected chi connectivity index (χ2v) is 8.54. The molecule has 1 aromatic heterocycles. The fourth-order valence-electron chi connectivity index (χ4n) is 3.99. The van der Waals surface area contributed by atoms with E-state index < -0.39 is 5.25 Å². The molecule has 30 heavy (non-hydrogen) atoms. The van der Waals surface area contributed by atoms with E-state index in [1.165, 1.54) is 0 Å². The molecule has 4 aromatic rings. The molecule has 6 heteroatoms. The van der Waals surface area contributed by atoms with Crippen molar-refractivity contribution in [1.29, 1.82) is 0 Å². The zero-order valence-electron chi connectivity index (χ0n) is 16.0. The zero-order valence-corrected chi connectivity index (χ0v) is 16.8. The predicted molar refractivity (Wildman–Crippen MR) is 120 cm³/mol. The average molecular weight is 414 g/mol. The maximum atomic E-state index is 13.3. The number of fused-ring (bicyclic) bond motifs is 3. The summed E-state index contributed by atoms with van der Waals surface area (Å²) in [6, 6.07) is 23.4. The summed E-state index contributed by atoms with van der Waals surface area (Å²) in [5, 5.41) is 4.15. The summed E-state index contributed by atoms with van der Waals surface area (Å²) in [5.41, 5.74) is 2.84. The van der Waals surface area contributed by atoms with Crippen LogP contribution in [0.3, 0.4) is 0 Å². The van der Waals surface area contributed by atoms with Crippen molar-refractivity contribution < 1.29 is 9.59 Å². The molecule has 1 aliphatic heterocycles. The molecule has 5 rings (SSSR count). The van der Waals surface area contributed by atoms with Crippen molar-refractivity contribution >= 4 is 44.6 Å². The molecule has 0 aliphatic carbocycles. The molecule has 1 fully saturated rings. The minimum Gasteiger partial charge on any atom is -0.303 e. The van der Waals surface area contributed by atoms with E-state index in [-0.39, 0.29) is 16.7 Å². The second kappa shape index (κ2) is 7.46. The number of imide groups is 1. The highest BCUT2D eigenvalue weighted by Crippen LogP contribution is 2.28. The average Bonchev–Trinajstić information content (AvgIpc) is 3.08. The number of amides is 2. The number of hydrogen-bond acceptors (Lipinski definition) is 4. The molecule has 0 radical (unpaired) electrons. The highest BCUT2D eigenvalue weighted by atomic mass is 32.2. The summed E-state index contributed by atoms with van der Waals surface area (Å²) < 4.78 is 1.80. The van der Waals surface area contributed by atoms with Crippen LogP contribution in [0, 0.1) is 0 Å². The summed E-state index contributed by atoms with van der Waals surface area (Å²) in [6.07, 6.45) is 0.463. The Kier molecular flexibility index (Phi) is 4.64. The van der Waals surface area contributed by atoms with E-state index in [9.17, 15) is 14.4 Å². The van der Waals surface area contributed by atoms with Gasteiger partial charge in [-0.3, -0.25) is 19.7 Å². The monoisotopic (exact) mass is 414 g/mol. The van der Waals surface area contributed by atoms with Crippen LogP contribution in [-0.2, 0) is 17.8 Å². The van der Waals surface area contributed by atoms with Gasteiger partial charge < -0.3 is 4.57 Å². The maximum Gasteiger partial charge on any atom is 0.286 e. The van der Waals surface area contributed by atoms with Gasteiger partial charge in [-0.2, -0.15) is 0 Å². The van der Waals surface area contributed by atoms with Crippen molar-refractivity contribution in [1.82, 2.24) is 9.88 Å². The van der Waals surface area contributed by atoms with Crippen molar-refractivity contribution in [3.63, 3.8) is 0 Å². The standard InChI is InChI=1S/C24H18N2O3S/c27-22-21(30-24(29)25-22)13-16-10-11-20-19(12-16)17-8-4-5-9-18(17)23(28)26(20)14-15-6-2-1-3-7-15/h1-12,21H,13-14H2,(H,25,27,29). The number of benzene rings is 3. The second-order valence-electron chi connectivity index (χ2n) is 7.36. The van der Waals surface area contributed by atoms with Crippen molar-refractivity contribution in [2.45, 2.75) is 18.2 Å². The smallest absolute Gasteiger partial charge is 0.286 e. The topological polar surface area (TPSA) is 68.2 Å². The fourth-order valence-corrected chi connectivity index (χ4v) is 4.84. The number of carbonyl (C=O) groups excluding carboxylic acids is 2. The van der Waals surface area contributed by atoms with Crippen LogP contribution in [0.5, 0.6) is 0 Å². The lowest BCUT2D eigenvalue weighted by atomic mass is 10.0. The fraction of sp³-hybridized carbons (Fsp3) is 0.125. The number of rotatable bonds is 4. The first-order chi connectivity index (χ1) is 14.6. The molecule has 5 nitrogen and oxygen atoms in total. The van der Waals surface area contributed by atoms with E-state index in [2.05, 4.69) is 5.32 Å². The zero-order chi connectivity index (χ0) is 20.7. The maximum absolute atomic E-state index is 13.3. The van der Waals surface area contributed by atoms with Gasteiger partial charge in [0.1, 0.15) is 0 Å². The number of hydrogen-bond donors (Lipinski definition) is 1. The van der Waals surface area contributed by atoms with Crippen LogP contribution in [0.4, 0.5) is 4.79 Å². The van der Waals surface area contributed by atoms with Crippen LogP contribution in [0.15, 0.2) is 77.6 Å². The van der Waals surface area contributed by atoms with E-state index in [4.69, 9.17) is 0 Å². The van der Waals surface area contributed by atoms with Crippen LogP contribution in [0.1, 0.15) is 11.1 Å². The number of nitrogens with one attached hydrogen (secondary N) is 1. The molecule has 0 bridgehead atoms. The Morgan fingerprint density at radius 1 is 0.800 bits per heavy atom. The number of thioether (sulfide) groups is 1. The van der Waals surface area contributed by atoms with Gasteiger partial charge in [-0.05, 0) is 41.1 Å². The Bertz CT molecular complexity index is 1360. The summed E-state index contributed by atoms with van der Waals surface area (Å²) in [4.78, 5) is 36.7. The lowest BCUT2D eigenvalue weighted by molar-refractivity contribution is -0.118. The molecule has 1 atom stereocenters. The van der Waals surface area contributed by atoms with E-state index >= 15 is 0 Å². The van der Waals surface area contributed by atoms with Crippen LogP contribution >= 0.6 is 11.8 Å². The van der Waals surface area contributed by atoms with Crippen molar-refractivity contribution in [3.05, 3.63) is 94.3 Å². The number of nitrogens with zero attached hydrogens (tertiary/aromatic N) is 1. The Labute approximate surface area is 176 Å². The van der Waals surface area contributed by atoms with E-state index in [0.717, 1.165) is 39.2 Å². The minimum absolute atomic E-state index is 0.0222. The first kappa shape index (κ1) is 18.6. The summed E-state index contributed by atoms with van der Waals surface area (Å²) >= 11 is 1.03. The van der Waals surface area contributed by atoms with Gasteiger partial charge in [-0.25, -0.2) is 0 Å². The van der Waals surface area contributed by atoms with E-state index in [0.29, 0.717) is 18.4 Å². The Hall–Kier alpha value is -3.38. The summed E-state index contributed by atoms with van der Waals surface area (Å²) in [6.45, 7) is 0.482. The van der Waals surface area contributed by atoms with Crippen LogP contribution in [0.2, 0.25) is 0 Å². The predicted octanol–water partition coefficient (Wildman–Crippen LogP) is 4.10. The SMILES string of the molecule is O=C1NC(=O)C(Cc2ccc3c(c2)c2ccccc2c(=O)n3Cc2ccccc2)S1. The Balaban J connectivity index is 1.66. The number of pyridine rings is 1. The van der Waals surface area contributed by atoms with Crippen LogP contribution in [0.25, 0.3) is 21.7 Å². The lowest BCUT2D eigenvalue weighted by Crippen LogP contribution is -2.25. The molecule has 0 spiro atoms.